The number of halogens is 3. The number of carbonyl (C=O) groups excluding carboxylic acids is 3. The number of rotatable bonds is 6. The number of amides is 3. The largest absolute Gasteiger partial charge is 0.453 e. The maximum atomic E-state index is 13.5. The maximum absolute atomic E-state index is 13.5. The van der Waals surface area contributed by atoms with E-state index < -0.39 is 41.6 Å². The number of carbonyl (C=O) groups is 3. The zero-order chi connectivity index (χ0) is 29.8. The summed E-state index contributed by atoms with van der Waals surface area (Å²) in [4.78, 5) is 44.5. The van der Waals surface area contributed by atoms with Gasteiger partial charge in [-0.1, -0.05) is 18.6 Å². The molecule has 0 aliphatic carbocycles. The van der Waals surface area contributed by atoms with Crippen LogP contribution < -0.4 is 0 Å². The quantitative estimate of drug-likeness (QED) is 0.411. The molecule has 3 rings (SSSR count). The summed E-state index contributed by atoms with van der Waals surface area (Å²) in [6.07, 6.45) is -2.60. The zero-order valence-electron chi connectivity index (χ0n) is 24.3. The molecule has 8 nitrogen and oxygen atoms in total. The van der Waals surface area contributed by atoms with Crippen LogP contribution in [0, 0.1) is 6.92 Å². The summed E-state index contributed by atoms with van der Waals surface area (Å²) in [5, 5.41) is 0. The first-order valence-electron chi connectivity index (χ1n) is 13.9. The lowest BCUT2D eigenvalue weighted by atomic mass is 9.87. The maximum Gasteiger partial charge on any atom is 0.416 e. The number of piperidine rings is 1. The Morgan fingerprint density at radius 3 is 2.20 bits per heavy atom. The number of likely N-dealkylation sites (tertiary alicyclic amines) is 2. The van der Waals surface area contributed by atoms with E-state index in [1.807, 2.05) is 6.92 Å². The predicted molar refractivity (Wildman–Crippen MR) is 144 cm³/mol. The van der Waals surface area contributed by atoms with E-state index >= 15 is 0 Å². The monoisotopic (exact) mass is 569 g/mol. The Morgan fingerprint density at radius 2 is 1.65 bits per heavy atom. The smallest absolute Gasteiger partial charge is 0.416 e. The molecule has 0 radical (unpaired) electrons. The molecule has 2 fully saturated rings. The third-order valence-electron chi connectivity index (χ3n) is 7.49. The van der Waals surface area contributed by atoms with Crippen molar-refractivity contribution in [1.29, 1.82) is 0 Å². The molecule has 0 N–H and O–H groups in total. The number of alkyl halides is 3. The van der Waals surface area contributed by atoms with E-state index in [2.05, 4.69) is 0 Å². The Hall–Kier alpha value is -2.98. The molecule has 0 unspecified atom stereocenters. The van der Waals surface area contributed by atoms with Gasteiger partial charge in [-0.15, -0.1) is 0 Å². The van der Waals surface area contributed by atoms with Crippen LogP contribution in [0.25, 0.3) is 0 Å². The van der Waals surface area contributed by atoms with E-state index in [0.29, 0.717) is 37.1 Å². The van der Waals surface area contributed by atoms with E-state index in [1.165, 1.54) is 12.0 Å². The van der Waals surface area contributed by atoms with Gasteiger partial charge in [-0.05, 0) is 77.5 Å². The van der Waals surface area contributed by atoms with E-state index in [0.717, 1.165) is 25.0 Å². The van der Waals surface area contributed by atoms with Gasteiger partial charge in [0, 0.05) is 44.2 Å². The van der Waals surface area contributed by atoms with E-state index in [9.17, 15) is 27.6 Å². The van der Waals surface area contributed by atoms with Crippen molar-refractivity contribution in [2.45, 2.75) is 110 Å². The van der Waals surface area contributed by atoms with Gasteiger partial charge in [0.05, 0.1) is 12.7 Å². The number of hydrogen-bond donors (Lipinski definition) is 0. The molecule has 0 saturated carbocycles. The first-order chi connectivity index (χ1) is 18.6. The Balaban J connectivity index is 1.95. The summed E-state index contributed by atoms with van der Waals surface area (Å²) in [5.41, 5.74) is -0.776. The van der Waals surface area contributed by atoms with Crippen LogP contribution in [-0.4, -0.2) is 76.7 Å². The Labute approximate surface area is 234 Å². The molecule has 11 heteroatoms. The van der Waals surface area contributed by atoms with Crippen LogP contribution in [0.2, 0.25) is 0 Å². The highest BCUT2D eigenvalue weighted by Gasteiger charge is 2.44. The lowest BCUT2D eigenvalue weighted by molar-refractivity contribution is -0.137. The molecule has 40 heavy (non-hydrogen) atoms. The van der Waals surface area contributed by atoms with Gasteiger partial charge in [-0.3, -0.25) is 4.79 Å². The van der Waals surface area contributed by atoms with Crippen LogP contribution >= 0.6 is 0 Å². The molecule has 3 amide bonds. The first-order valence-corrected chi connectivity index (χ1v) is 13.9. The number of ether oxygens (including phenoxy) is 2. The highest BCUT2D eigenvalue weighted by atomic mass is 19.4. The summed E-state index contributed by atoms with van der Waals surface area (Å²) in [5.74, 6) is -0.0651. The number of methoxy groups -OCH3 is 1. The van der Waals surface area contributed by atoms with Crippen molar-refractivity contribution in [2.24, 2.45) is 0 Å². The van der Waals surface area contributed by atoms with Crippen molar-refractivity contribution in [1.82, 2.24) is 14.7 Å². The van der Waals surface area contributed by atoms with Crippen LogP contribution in [0.3, 0.4) is 0 Å². The normalized spacial score (nSPS) is 21.8. The van der Waals surface area contributed by atoms with Gasteiger partial charge in [-0.25, -0.2) is 9.59 Å². The molecule has 224 valence electrons. The van der Waals surface area contributed by atoms with Gasteiger partial charge in [0.2, 0.25) is 5.91 Å². The molecule has 0 spiro atoms. The van der Waals surface area contributed by atoms with Gasteiger partial charge in [0.1, 0.15) is 5.60 Å². The fourth-order valence-electron chi connectivity index (χ4n) is 5.73. The minimum Gasteiger partial charge on any atom is -0.453 e. The molecule has 1 aromatic carbocycles. The highest BCUT2D eigenvalue weighted by molar-refractivity contribution is 5.78. The van der Waals surface area contributed by atoms with Crippen LogP contribution in [0.1, 0.15) is 82.9 Å². The summed E-state index contributed by atoms with van der Waals surface area (Å²) in [6.45, 7) is 10.1. The Morgan fingerprint density at radius 1 is 1.02 bits per heavy atom. The van der Waals surface area contributed by atoms with Gasteiger partial charge < -0.3 is 24.2 Å². The van der Waals surface area contributed by atoms with Crippen LogP contribution in [0.15, 0.2) is 18.2 Å². The van der Waals surface area contributed by atoms with Gasteiger partial charge in [0.25, 0.3) is 0 Å². The summed E-state index contributed by atoms with van der Waals surface area (Å²) in [7, 11) is 1.23. The number of hydrogen-bond acceptors (Lipinski definition) is 5. The van der Waals surface area contributed by atoms with E-state index in [1.54, 1.807) is 43.6 Å². The topological polar surface area (TPSA) is 79.4 Å². The molecule has 2 aliphatic heterocycles. The number of nitrogens with zero attached hydrogens (tertiary/aromatic N) is 3. The van der Waals surface area contributed by atoms with Gasteiger partial charge in [-0.2, -0.15) is 13.2 Å². The Kier molecular flexibility index (Phi) is 10.0. The highest BCUT2D eigenvalue weighted by Crippen LogP contribution is 2.35. The van der Waals surface area contributed by atoms with Gasteiger partial charge >= 0.3 is 18.4 Å². The lowest BCUT2D eigenvalue weighted by Gasteiger charge is -2.47. The second kappa shape index (κ2) is 12.7. The molecular formula is C29H42F3N3O5. The predicted octanol–water partition coefficient (Wildman–Crippen LogP) is 6.14. The first kappa shape index (κ1) is 31.5. The molecule has 0 aromatic heterocycles. The third kappa shape index (κ3) is 8.04. The van der Waals surface area contributed by atoms with Crippen LogP contribution in [0.4, 0.5) is 22.8 Å². The van der Waals surface area contributed by atoms with Crippen molar-refractivity contribution >= 4 is 18.1 Å². The molecular weight excluding hydrogens is 527 g/mol. The van der Waals surface area contributed by atoms with Gasteiger partial charge in [0.15, 0.2) is 0 Å². The van der Waals surface area contributed by atoms with Crippen molar-refractivity contribution < 1.29 is 37.0 Å². The van der Waals surface area contributed by atoms with Crippen molar-refractivity contribution in [3.05, 3.63) is 34.9 Å². The van der Waals surface area contributed by atoms with Crippen molar-refractivity contribution in [2.75, 3.05) is 20.2 Å². The zero-order valence-corrected chi connectivity index (χ0v) is 24.3. The second-order valence-electron chi connectivity index (χ2n) is 11.8. The molecule has 3 atom stereocenters. The van der Waals surface area contributed by atoms with Crippen LogP contribution in [0.5, 0.6) is 0 Å². The fourth-order valence-corrected chi connectivity index (χ4v) is 5.73. The number of benzene rings is 1. The molecule has 2 heterocycles. The minimum absolute atomic E-state index is 0.0651. The van der Waals surface area contributed by atoms with E-state index in [4.69, 9.17) is 9.47 Å². The summed E-state index contributed by atoms with van der Waals surface area (Å²) in [6, 6.07) is 2.36. The summed E-state index contributed by atoms with van der Waals surface area (Å²) < 4.78 is 51.3. The van der Waals surface area contributed by atoms with E-state index in [-0.39, 0.29) is 31.3 Å². The van der Waals surface area contributed by atoms with Crippen LogP contribution in [-0.2, 0) is 27.0 Å². The molecule has 2 saturated heterocycles. The fraction of sp³-hybridized carbons (Fsp3) is 0.690. The third-order valence-corrected chi connectivity index (χ3v) is 7.49. The average Bonchev–Trinajstić information content (AvgIpc) is 3.39. The Bertz CT molecular complexity index is 1070. The lowest BCUT2D eigenvalue weighted by Crippen LogP contribution is -2.59. The van der Waals surface area contributed by atoms with Crippen molar-refractivity contribution in [3.8, 4) is 0 Å². The number of aryl methyl sites for hydroxylation is 1. The molecule has 2 aliphatic rings. The molecule has 0 bridgehead atoms. The second-order valence-corrected chi connectivity index (χ2v) is 11.8. The SMILES string of the molecule is CC[C@@H]1C[C@H](N(Cc2cc(C)cc(C(F)(F)F)c2)C(=O)OC)C[C@H](CC(=O)N2CCCC2)N1C(=O)OC(C)(C)C. The summed E-state index contributed by atoms with van der Waals surface area (Å²) >= 11 is 0. The molecule has 1 aromatic rings. The standard InChI is InChI=1S/C29H42F3N3O5/c1-7-22-15-23(34(26(37)39-6)18-20-12-19(2)13-21(14-20)29(30,31)32)16-24(17-25(36)33-10-8-9-11-33)35(22)27(38)40-28(3,4)5/h12-14,22-24H,7-11,15-18H2,1-6H3/t22-,23+,24-/m1/s1. The van der Waals surface area contributed by atoms with Crippen molar-refractivity contribution in [3.63, 3.8) is 0 Å². The average molecular weight is 570 g/mol. The minimum atomic E-state index is -4.52.